The molecule has 1 saturated heterocycles. The third-order valence-electron chi connectivity index (χ3n) is 3.55. The Labute approximate surface area is 99.6 Å². The quantitative estimate of drug-likeness (QED) is 0.762. The normalized spacial score (nSPS) is 20.9. The van der Waals surface area contributed by atoms with Crippen molar-refractivity contribution in [1.82, 2.24) is 0 Å². The van der Waals surface area contributed by atoms with E-state index in [4.69, 9.17) is 0 Å². The number of carbonyl (C=O) groups excluding carboxylic acids is 1. The van der Waals surface area contributed by atoms with E-state index in [2.05, 4.69) is 13.8 Å². The molecule has 2 heteroatoms. The van der Waals surface area contributed by atoms with E-state index in [0.717, 1.165) is 17.1 Å². The first-order chi connectivity index (χ1) is 7.67. The smallest absolute Gasteiger partial charge is 0.202 e. The zero-order valence-electron chi connectivity index (χ0n) is 10.1. The lowest BCUT2D eigenvalue weighted by Crippen LogP contribution is -2.23. The SMILES string of the molecule is CC(C)S1(C(=O)c2ccccc2)CCCC1. The summed E-state index contributed by atoms with van der Waals surface area (Å²) in [6, 6.07) is 9.85. The summed E-state index contributed by atoms with van der Waals surface area (Å²) < 4.78 is 0. The van der Waals surface area contributed by atoms with Crippen LogP contribution in [0, 0.1) is 0 Å². The molecule has 0 spiro atoms. The molecule has 0 bridgehead atoms. The largest absolute Gasteiger partial charge is 0.283 e. The van der Waals surface area contributed by atoms with Crippen molar-refractivity contribution in [2.45, 2.75) is 31.9 Å². The Morgan fingerprint density at radius 1 is 1.12 bits per heavy atom. The van der Waals surface area contributed by atoms with Crippen LogP contribution in [0.4, 0.5) is 0 Å². The number of hydrogen-bond acceptors (Lipinski definition) is 1. The van der Waals surface area contributed by atoms with Gasteiger partial charge in [0.2, 0.25) is 5.12 Å². The molecule has 0 aliphatic carbocycles. The minimum atomic E-state index is -1.05. The summed E-state index contributed by atoms with van der Waals surface area (Å²) in [6.07, 6.45) is 2.48. The van der Waals surface area contributed by atoms with E-state index < -0.39 is 10.0 Å². The lowest BCUT2D eigenvalue weighted by Gasteiger charge is -2.38. The van der Waals surface area contributed by atoms with Crippen molar-refractivity contribution in [3.63, 3.8) is 0 Å². The van der Waals surface area contributed by atoms with Crippen LogP contribution in [0.2, 0.25) is 0 Å². The molecular formula is C14H20OS. The van der Waals surface area contributed by atoms with Gasteiger partial charge in [0.1, 0.15) is 0 Å². The highest BCUT2D eigenvalue weighted by molar-refractivity contribution is 8.46. The predicted molar refractivity (Wildman–Crippen MR) is 72.5 cm³/mol. The molecule has 0 radical (unpaired) electrons. The van der Waals surface area contributed by atoms with Gasteiger partial charge in [0.15, 0.2) is 0 Å². The van der Waals surface area contributed by atoms with E-state index in [1.165, 1.54) is 12.8 Å². The topological polar surface area (TPSA) is 17.1 Å². The summed E-state index contributed by atoms with van der Waals surface area (Å²) in [5.41, 5.74) is 0.924. The van der Waals surface area contributed by atoms with Crippen LogP contribution in [-0.4, -0.2) is 21.9 Å². The second-order valence-electron chi connectivity index (χ2n) is 4.76. The highest BCUT2D eigenvalue weighted by atomic mass is 32.3. The highest BCUT2D eigenvalue weighted by Gasteiger charge is 2.38. The molecule has 1 aliphatic rings. The Balaban J connectivity index is 2.32. The van der Waals surface area contributed by atoms with Gasteiger partial charge in [-0.2, -0.15) is 10.0 Å². The molecule has 1 fully saturated rings. The van der Waals surface area contributed by atoms with Crippen LogP contribution in [0.5, 0.6) is 0 Å². The third-order valence-corrected chi connectivity index (χ3v) is 8.36. The van der Waals surface area contributed by atoms with Gasteiger partial charge in [0.05, 0.1) is 0 Å². The van der Waals surface area contributed by atoms with Crippen LogP contribution in [0.1, 0.15) is 37.0 Å². The third kappa shape index (κ3) is 1.91. The van der Waals surface area contributed by atoms with E-state index in [1.54, 1.807) is 0 Å². The van der Waals surface area contributed by atoms with Crippen molar-refractivity contribution in [3.05, 3.63) is 35.9 Å². The van der Waals surface area contributed by atoms with Crippen LogP contribution >= 0.6 is 10.0 Å². The number of benzene rings is 1. The first-order valence-corrected chi connectivity index (χ1v) is 8.07. The number of carbonyl (C=O) groups is 1. The maximum Gasteiger partial charge on any atom is 0.202 e. The van der Waals surface area contributed by atoms with Crippen LogP contribution in [-0.2, 0) is 0 Å². The maximum atomic E-state index is 12.6. The minimum absolute atomic E-state index is 0.445. The summed E-state index contributed by atoms with van der Waals surface area (Å²) in [4.78, 5) is 12.6. The highest BCUT2D eigenvalue weighted by Crippen LogP contribution is 2.59. The molecule has 1 heterocycles. The number of rotatable bonds is 2. The van der Waals surface area contributed by atoms with Crippen molar-refractivity contribution in [1.29, 1.82) is 0 Å². The van der Waals surface area contributed by atoms with Gasteiger partial charge in [-0.25, -0.2) is 0 Å². The fourth-order valence-corrected chi connectivity index (χ4v) is 6.49. The van der Waals surface area contributed by atoms with Crippen molar-refractivity contribution < 1.29 is 4.79 Å². The van der Waals surface area contributed by atoms with Gasteiger partial charge in [-0.15, -0.1) is 0 Å². The average Bonchev–Trinajstić information content (AvgIpc) is 2.79. The molecule has 2 rings (SSSR count). The molecule has 1 aromatic carbocycles. The van der Waals surface area contributed by atoms with Crippen molar-refractivity contribution in [2.75, 3.05) is 11.5 Å². The zero-order valence-corrected chi connectivity index (χ0v) is 10.9. The fraction of sp³-hybridized carbons (Fsp3) is 0.500. The average molecular weight is 236 g/mol. The van der Waals surface area contributed by atoms with Gasteiger partial charge in [-0.05, 0) is 29.6 Å². The molecule has 0 saturated carbocycles. The van der Waals surface area contributed by atoms with Gasteiger partial charge < -0.3 is 0 Å². The first kappa shape index (κ1) is 11.7. The first-order valence-electron chi connectivity index (χ1n) is 6.04. The molecule has 0 amide bonds. The molecule has 1 aliphatic heterocycles. The van der Waals surface area contributed by atoms with Crippen LogP contribution in [0.25, 0.3) is 0 Å². The van der Waals surface area contributed by atoms with Gasteiger partial charge in [0, 0.05) is 5.56 Å². The second kappa shape index (κ2) is 4.62. The van der Waals surface area contributed by atoms with E-state index in [-0.39, 0.29) is 0 Å². The van der Waals surface area contributed by atoms with Crippen LogP contribution in [0.3, 0.4) is 0 Å². The molecule has 0 N–H and O–H groups in total. The van der Waals surface area contributed by atoms with E-state index in [1.807, 2.05) is 30.3 Å². The molecule has 16 heavy (non-hydrogen) atoms. The lowest BCUT2D eigenvalue weighted by molar-refractivity contribution is 0.108. The van der Waals surface area contributed by atoms with Crippen molar-refractivity contribution in [2.24, 2.45) is 0 Å². The monoisotopic (exact) mass is 236 g/mol. The summed E-state index contributed by atoms with van der Waals surface area (Å²) >= 11 is 0. The van der Waals surface area contributed by atoms with Gasteiger partial charge in [-0.3, -0.25) is 4.79 Å². The molecule has 1 aromatic rings. The van der Waals surface area contributed by atoms with E-state index in [0.29, 0.717) is 10.4 Å². The molecule has 1 nitrogen and oxygen atoms in total. The summed E-state index contributed by atoms with van der Waals surface area (Å²) in [7, 11) is -1.05. The number of hydrogen-bond donors (Lipinski definition) is 0. The van der Waals surface area contributed by atoms with Gasteiger partial charge in [-0.1, -0.05) is 44.2 Å². The summed E-state index contributed by atoms with van der Waals surface area (Å²) in [6.45, 7) is 4.45. The van der Waals surface area contributed by atoms with Gasteiger partial charge in [0.25, 0.3) is 0 Å². The molecule has 0 aromatic heterocycles. The Morgan fingerprint density at radius 3 is 2.19 bits per heavy atom. The van der Waals surface area contributed by atoms with E-state index >= 15 is 0 Å². The fourth-order valence-electron chi connectivity index (χ4n) is 2.50. The van der Waals surface area contributed by atoms with Gasteiger partial charge >= 0.3 is 0 Å². The Bertz CT molecular complexity index is 364. The van der Waals surface area contributed by atoms with Crippen molar-refractivity contribution in [3.8, 4) is 0 Å². The molecule has 0 unspecified atom stereocenters. The molecule has 88 valence electrons. The predicted octanol–water partition coefficient (Wildman–Crippen LogP) is 3.83. The van der Waals surface area contributed by atoms with E-state index in [9.17, 15) is 4.79 Å². The van der Waals surface area contributed by atoms with Crippen molar-refractivity contribution >= 4 is 15.1 Å². The standard InChI is InChI=1S/C14H20OS/c1-12(2)16(10-6-7-11-16)14(15)13-8-4-3-5-9-13/h3-5,8-9,12H,6-7,10-11H2,1-2H3. The Morgan fingerprint density at radius 2 is 1.69 bits per heavy atom. The van der Waals surface area contributed by atoms with Crippen LogP contribution in [0.15, 0.2) is 30.3 Å². The Kier molecular flexibility index (Phi) is 3.38. The molecule has 0 atom stereocenters. The van der Waals surface area contributed by atoms with Crippen LogP contribution < -0.4 is 0 Å². The Hall–Kier alpha value is -0.760. The second-order valence-corrected chi connectivity index (χ2v) is 8.78. The lowest BCUT2D eigenvalue weighted by atomic mass is 10.2. The molecular weight excluding hydrogens is 216 g/mol. The maximum absolute atomic E-state index is 12.6. The summed E-state index contributed by atoms with van der Waals surface area (Å²) in [5, 5.41) is 0.975. The zero-order chi connectivity index (χ0) is 11.6. The minimum Gasteiger partial charge on any atom is -0.283 e. The summed E-state index contributed by atoms with van der Waals surface area (Å²) in [5.74, 6) is 2.30.